The zero-order valence-electron chi connectivity index (χ0n) is 11.0. The van der Waals surface area contributed by atoms with Crippen LogP contribution in [0.15, 0.2) is 18.2 Å². The van der Waals surface area contributed by atoms with Crippen LogP contribution in [-0.4, -0.2) is 41.0 Å². The number of amides is 1. The molecule has 0 saturated heterocycles. The second kappa shape index (κ2) is 6.54. The molecule has 0 radical (unpaired) electrons. The maximum Gasteiger partial charge on any atom is 0.254 e. The first kappa shape index (κ1) is 14.7. The molecular weight excluding hydrogens is 248 g/mol. The van der Waals surface area contributed by atoms with Gasteiger partial charge in [0, 0.05) is 24.4 Å². The lowest BCUT2D eigenvalue weighted by Gasteiger charge is -2.27. The Labute approximate surface area is 112 Å². The first-order valence-corrected chi connectivity index (χ1v) is 7.25. The Bertz CT molecular complexity index is 423. The van der Waals surface area contributed by atoms with Crippen LogP contribution < -0.4 is 5.73 Å². The largest absolute Gasteiger partial charge is 0.506 e. The molecule has 1 unspecified atom stereocenters. The van der Waals surface area contributed by atoms with Crippen LogP contribution in [0.1, 0.15) is 23.7 Å². The number of phenolic OH excluding ortho intramolecular Hbond substituents is 1. The van der Waals surface area contributed by atoms with Gasteiger partial charge in [-0.25, -0.2) is 0 Å². The van der Waals surface area contributed by atoms with Crippen molar-refractivity contribution in [2.24, 2.45) is 0 Å². The Kier molecular flexibility index (Phi) is 5.34. The third kappa shape index (κ3) is 3.32. The first-order valence-electron chi connectivity index (χ1n) is 5.85. The van der Waals surface area contributed by atoms with Gasteiger partial charge in [-0.15, -0.1) is 0 Å². The SMILES string of the molecule is CCC(CSC)N(C)C(=O)c1ccc(N)c(O)c1. The van der Waals surface area contributed by atoms with Crippen molar-refractivity contribution in [2.45, 2.75) is 19.4 Å². The highest BCUT2D eigenvalue weighted by Gasteiger charge is 2.19. The van der Waals surface area contributed by atoms with Crippen molar-refractivity contribution in [1.82, 2.24) is 4.90 Å². The predicted octanol–water partition coefficient (Wildman–Crippen LogP) is 2.19. The van der Waals surface area contributed by atoms with E-state index in [0.717, 1.165) is 12.2 Å². The second-order valence-electron chi connectivity index (χ2n) is 4.21. The van der Waals surface area contributed by atoms with Crippen molar-refractivity contribution < 1.29 is 9.90 Å². The molecule has 1 aromatic carbocycles. The number of thioether (sulfide) groups is 1. The van der Waals surface area contributed by atoms with E-state index in [1.165, 1.54) is 6.07 Å². The molecule has 5 heteroatoms. The Morgan fingerprint density at radius 1 is 1.56 bits per heavy atom. The van der Waals surface area contributed by atoms with Crippen molar-refractivity contribution in [3.05, 3.63) is 23.8 Å². The van der Waals surface area contributed by atoms with Gasteiger partial charge in [-0.2, -0.15) is 11.8 Å². The van der Waals surface area contributed by atoms with Crippen molar-refractivity contribution >= 4 is 23.4 Å². The minimum absolute atomic E-state index is 0.0489. The maximum absolute atomic E-state index is 12.2. The van der Waals surface area contributed by atoms with E-state index < -0.39 is 0 Å². The van der Waals surface area contributed by atoms with Crippen LogP contribution in [0.2, 0.25) is 0 Å². The Morgan fingerprint density at radius 2 is 2.22 bits per heavy atom. The van der Waals surface area contributed by atoms with E-state index >= 15 is 0 Å². The molecule has 0 aliphatic rings. The average molecular weight is 268 g/mol. The molecule has 0 spiro atoms. The number of aromatic hydroxyl groups is 1. The monoisotopic (exact) mass is 268 g/mol. The van der Waals surface area contributed by atoms with Gasteiger partial charge in [-0.1, -0.05) is 6.92 Å². The minimum Gasteiger partial charge on any atom is -0.506 e. The lowest BCUT2D eigenvalue weighted by atomic mass is 10.1. The van der Waals surface area contributed by atoms with E-state index in [9.17, 15) is 9.90 Å². The number of nitrogens with two attached hydrogens (primary N) is 1. The molecule has 3 N–H and O–H groups in total. The van der Waals surface area contributed by atoms with Gasteiger partial charge >= 0.3 is 0 Å². The molecule has 1 amide bonds. The summed E-state index contributed by atoms with van der Waals surface area (Å²) in [7, 11) is 1.79. The van der Waals surface area contributed by atoms with Gasteiger partial charge in [-0.05, 0) is 30.9 Å². The fourth-order valence-corrected chi connectivity index (χ4v) is 2.59. The molecule has 0 aromatic heterocycles. The van der Waals surface area contributed by atoms with Crippen LogP contribution in [0.3, 0.4) is 0 Å². The van der Waals surface area contributed by atoms with Crippen molar-refractivity contribution in [1.29, 1.82) is 0 Å². The molecule has 0 fully saturated rings. The smallest absolute Gasteiger partial charge is 0.254 e. The predicted molar refractivity (Wildman–Crippen MR) is 77.1 cm³/mol. The summed E-state index contributed by atoms with van der Waals surface area (Å²) in [6.45, 7) is 2.06. The van der Waals surface area contributed by atoms with Gasteiger partial charge in [0.15, 0.2) is 0 Å². The third-order valence-electron chi connectivity index (χ3n) is 2.98. The van der Waals surface area contributed by atoms with Gasteiger partial charge in [0.1, 0.15) is 5.75 Å². The second-order valence-corrected chi connectivity index (χ2v) is 5.12. The number of hydrogen-bond acceptors (Lipinski definition) is 4. The van der Waals surface area contributed by atoms with Crippen LogP contribution in [0.5, 0.6) is 5.75 Å². The number of hydrogen-bond donors (Lipinski definition) is 2. The van der Waals surface area contributed by atoms with Crippen molar-refractivity contribution in [3.63, 3.8) is 0 Å². The third-order valence-corrected chi connectivity index (χ3v) is 3.69. The summed E-state index contributed by atoms with van der Waals surface area (Å²) >= 11 is 1.72. The summed E-state index contributed by atoms with van der Waals surface area (Å²) < 4.78 is 0. The highest BCUT2D eigenvalue weighted by molar-refractivity contribution is 7.98. The van der Waals surface area contributed by atoms with Crippen molar-refractivity contribution in [2.75, 3.05) is 24.8 Å². The normalized spacial score (nSPS) is 12.2. The van der Waals surface area contributed by atoms with E-state index in [4.69, 9.17) is 5.73 Å². The van der Waals surface area contributed by atoms with E-state index in [1.54, 1.807) is 35.8 Å². The van der Waals surface area contributed by atoms with Gasteiger partial charge in [-0.3, -0.25) is 4.79 Å². The topological polar surface area (TPSA) is 66.6 Å². The Balaban J connectivity index is 2.88. The molecule has 100 valence electrons. The van der Waals surface area contributed by atoms with Gasteiger partial charge in [0.05, 0.1) is 5.69 Å². The zero-order chi connectivity index (χ0) is 13.7. The number of carbonyl (C=O) groups is 1. The molecular formula is C13H20N2O2S. The van der Waals surface area contributed by atoms with Gasteiger partial charge < -0.3 is 15.7 Å². The van der Waals surface area contributed by atoms with Crippen LogP contribution in [-0.2, 0) is 0 Å². The molecule has 1 atom stereocenters. The number of phenols is 1. The number of nitrogens with zero attached hydrogens (tertiary/aromatic N) is 1. The summed E-state index contributed by atoms with van der Waals surface area (Å²) in [5, 5.41) is 9.53. The van der Waals surface area contributed by atoms with Crippen LogP contribution >= 0.6 is 11.8 Å². The maximum atomic E-state index is 12.2. The zero-order valence-corrected chi connectivity index (χ0v) is 11.8. The van der Waals surface area contributed by atoms with Crippen LogP contribution in [0, 0.1) is 0 Å². The number of benzene rings is 1. The summed E-state index contributed by atoms with van der Waals surface area (Å²) in [4.78, 5) is 14.0. The average Bonchev–Trinajstić information content (AvgIpc) is 2.37. The number of anilines is 1. The Hall–Kier alpha value is -1.36. The first-order chi connectivity index (χ1) is 8.51. The van der Waals surface area contributed by atoms with Crippen LogP contribution in [0.4, 0.5) is 5.69 Å². The highest BCUT2D eigenvalue weighted by atomic mass is 32.2. The summed E-state index contributed by atoms with van der Waals surface area (Å²) in [6.07, 6.45) is 2.93. The van der Waals surface area contributed by atoms with E-state index in [2.05, 4.69) is 6.92 Å². The van der Waals surface area contributed by atoms with Gasteiger partial charge in [0.2, 0.25) is 0 Å². The molecule has 1 aromatic rings. The lowest BCUT2D eigenvalue weighted by molar-refractivity contribution is 0.0743. The molecule has 0 saturated carbocycles. The number of nitrogen functional groups attached to an aromatic ring is 1. The standard InChI is InChI=1S/C13H20N2O2S/c1-4-10(8-18-3)15(2)13(17)9-5-6-11(14)12(16)7-9/h5-7,10,16H,4,8,14H2,1-3H3. The summed E-state index contributed by atoms with van der Waals surface area (Å²) in [5.41, 5.74) is 6.26. The van der Waals surface area contributed by atoms with Crippen LogP contribution in [0.25, 0.3) is 0 Å². The summed E-state index contributed by atoms with van der Waals surface area (Å²) in [5.74, 6) is 0.762. The number of carbonyl (C=O) groups excluding carboxylic acids is 1. The molecule has 0 aliphatic carbocycles. The molecule has 4 nitrogen and oxygen atoms in total. The Morgan fingerprint density at radius 3 is 2.72 bits per heavy atom. The minimum atomic E-state index is -0.0915. The lowest BCUT2D eigenvalue weighted by Crippen LogP contribution is -2.38. The quantitative estimate of drug-likeness (QED) is 0.634. The van der Waals surface area contributed by atoms with Gasteiger partial charge in [0.25, 0.3) is 5.91 Å². The van der Waals surface area contributed by atoms with E-state index in [0.29, 0.717) is 5.56 Å². The molecule has 0 aliphatic heterocycles. The molecule has 0 bridgehead atoms. The fraction of sp³-hybridized carbons (Fsp3) is 0.462. The van der Waals surface area contributed by atoms with E-state index in [1.807, 2.05) is 6.26 Å². The van der Waals surface area contributed by atoms with Crippen molar-refractivity contribution in [3.8, 4) is 5.75 Å². The molecule has 0 heterocycles. The molecule has 18 heavy (non-hydrogen) atoms. The number of rotatable bonds is 5. The highest BCUT2D eigenvalue weighted by Crippen LogP contribution is 2.22. The molecule has 1 rings (SSSR count). The summed E-state index contributed by atoms with van der Waals surface area (Å²) in [6, 6.07) is 4.80. The fourth-order valence-electron chi connectivity index (χ4n) is 1.74. The van der Waals surface area contributed by atoms with E-state index in [-0.39, 0.29) is 23.4 Å².